The van der Waals surface area contributed by atoms with Gasteiger partial charge in [-0.25, -0.2) is 0 Å². The molecule has 1 aliphatic rings. The van der Waals surface area contributed by atoms with E-state index in [0.29, 0.717) is 12.8 Å². The van der Waals surface area contributed by atoms with Crippen molar-refractivity contribution in [2.45, 2.75) is 25.4 Å². The first-order valence-electron chi connectivity index (χ1n) is 3.82. The van der Waals surface area contributed by atoms with Gasteiger partial charge >= 0.3 is 6.18 Å². The van der Waals surface area contributed by atoms with Crippen molar-refractivity contribution in [3.63, 3.8) is 0 Å². The van der Waals surface area contributed by atoms with Crippen LogP contribution >= 0.6 is 0 Å². The summed E-state index contributed by atoms with van der Waals surface area (Å²) in [6, 6.07) is 0. The highest BCUT2D eigenvalue weighted by molar-refractivity contribution is 4.82. The lowest BCUT2D eigenvalue weighted by Gasteiger charge is -2.20. The lowest BCUT2D eigenvalue weighted by Crippen LogP contribution is -2.30. The van der Waals surface area contributed by atoms with E-state index >= 15 is 0 Å². The Labute approximate surface area is 63.8 Å². The average molecular weight is 167 g/mol. The van der Waals surface area contributed by atoms with Gasteiger partial charge in [0.1, 0.15) is 0 Å². The van der Waals surface area contributed by atoms with Crippen molar-refractivity contribution in [2.75, 3.05) is 6.54 Å². The highest BCUT2D eigenvalue weighted by Gasteiger charge is 2.46. The van der Waals surface area contributed by atoms with E-state index in [1.807, 2.05) is 0 Å². The molecule has 1 nitrogen and oxygen atoms in total. The van der Waals surface area contributed by atoms with E-state index in [4.69, 9.17) is 5.73 Å². The molecule has 0 aliphatic heterocycles. The predicted octanol–water partition coefficient (Wildman–Crippen LogP) is 1.92. The SMILES string of the molecule is NC[C@@H]1CCC[C@H]1C(F)(F)F. The number of nitrogens with two attached hydrogens (primary N) is 1. The van der Waals surface area contributed by atoms with Crippen molar-refractivity contribution < 1.29 is 13.2 Å². The summed E-state index contributed by atoms with van der Waals surface area (Å²) < 4.78 is 36.4. The maximum absolute atomic E-state index is 12.1. The van der Waals surface area contributed by atoms with Crippen molar-refractivity contribution in [1.29, 1.82) is 0 Å². The summed E-state index contributed by atoms with van der Waals surface area (Å²) in [5, 5.41) is 0. The van der Waals surface area contributed by atoms with Crippen LogP contribution in [-0.4, -0.2) is 12.7 Å². The first kappa shape index (κ1) is 8.84. The van der Waals surface area contributed by atoms with Crippen LogP contribution in [0.25, 0.3) is 0 Å². The standard InChI is InChI=1S/C7H12F3N/c8-7(9,10)6-3-1-2-5(6)4-11/h5-6H,1-4,11H2/t5-,6+/m0/s1. The van der Waals surface area contributed by atoms with Crippen LogP contribution in [0, 0.1) is 11.8 Å². The Hall–Kier alpha value is -0.250. The van der Waals surface area contributed by atoms with Crippen LogP contribution in [-0.2, 0) is 0 Å². The normalized spacial score (nSPS) is 32.7. The molecule has 0 bridgehead atoms. The molecule has 4 heteroatoms. The first-order chi connectivity index (χ1) is 5.05. The lowest BCUT2D eigenvalue weighted by atomic mass is 9.96. The summed E-state index contributed by atoms with van der Waals surface area (Å²) in [6.45, 7) is 0.171. The van der Waals surface area contributed by atoms with Crippen molar-refractivity contribution in [1.82, 2.24) is 0 Å². The Kier molecular flexibility index (Phi) is 2.42. The Balaban J connectivity index is 2.57. The third-order valence-corrected chi connectivity index (χ3v) is 2.38. The van der Waals surface area contributed by atoms with Crippen LogP contribution in [0.2, 0.25) is 0 Å². The second-order valence-electron chi connectivity index (χ2n) is 3.07. The summed E-state index contributed by atoms with van der Waals surface area (Å²) in [5.41, 5.74) is 5.22. The van der Waals surface area contributed by atoms with E-state index in [1.54, 1.807) is 0 Å². The van der Waals surface area contributed by atoms with Gasteiger partial charge < -0.3 is 5.73 Å². The summed E-state index contributed by atoms with van der Waals surface area (Å²) in [6.07, 6.45) is -2.45. The van der Waals surface area contributed by atoms with Crippen LogP contribution in [0.5, 0.6) is 0 Å². The highest BCUT2D eigenvalue weighted by atomic mass is 19.4. The minimum absolute atomic E-state index is 0.171. The molecule has 11 heavy (non-hydrogen) atoms. The number of hydrogen-bond acceptors (Lipinski definition) is 1. The molecule has 0 aromatic rings. The summed E-state index contributed by atoms with van der Waals surface area (Å²) in [5.74, 6) is -1.46. The van der Waals surface area contributed by atoms with Crippen molar-refractivity contribution in [2.24, 2.45) is 17.6 Å². The summed E-state index contributed by atoms with van der Waals surface area (Å²) in [4.78, 5) is 0. The zero-order valence-electron chi connectivity index (χ0n) is 6.19. The maximum atomic E-state index is 12.1. The van der Waals surface area contributed by atoms with Gasteiger partial charge in [-0.3, -0.25) is 0 Å². The number of alkyl halides is 3. The zero-order chi connectivity index (χ0) is 8.48. The van der Waals surface area contributed by atoms with Gasteiger partial charge in [-0.15, -0.1) is 0 Å². The molecule has 0 saturated heterocycles. The topological polar surface area (TPSA) is 26.0 Å². The molecular weight excluding hydrogens is 155 g/mol. The van der Waals surface area contributed by atoms with Crippen molar-refractivity contribution in [3.05, 3.63) is 0 Å². The number of hydrogen-bond donors (Lipinski definition) is 1. The van der Waals surface area contributed by atoms with E-state index in [-0.39, 0.29) is 18.9 Å². The number of halogens is 3. The van der Waals surface area contributed by atoms with Crippen LogP contribution in [0.1, 0.15) is 19.3 Å². The molecule has 0 spiro atoms. The smallest absolute Gasteiger partial charge is 0.330 e. The minimum Gasteiger partial charge on any atom is -0.330 e. The van der Waals surface area contributed by atoms with Crippen LogP contribution in [0.4, 0.5) is 13.2 Å². The Bertz CT molecular complexity index is 132. The fourth-order valence-corrected chi connectivity index (χ4v) is 1.75. The molecule has 0 aromatic carbocycles. The Morgan fingerprint density at radius 3 is 2.27 bits per heavy atom. The monoisotopic (exact) mass is 167 g/mol. The van der Waals surface area contributed by atoms with E-state index in [0.717, 1.165) is 0 Å². The van der Waals surface area contributed by atoms with Crippen LogP contribution in [0.15, 0.2) is 0 Å². The average Bonchev–Trinajstić information content (AvgIpc) is 2.31. The van der Waals surface area contributed by atoms with Gasteiger partial charge in [0.05, 0.1) is 5.92 Å². The molecule has 1 fully saturated rings. The van der Waals surface area contributed by atoms with Gasteiger partial charge in [0.2, 0.25) is 0 Å². The molecule has 66 valence electrons. The second-order valence-corrected chi connectivity index (χ2v) is 3.07. The maximum Gasteiger partial charge on any atom is 0.392 e. The fraction of sp³-hybridized carbons (Fsp3) is 1.00. The number of rotatable bonds is 1. The fourth-order valence-electron chi connectivity index (χ4n) is 1.75. The molecule has 0 heterocycles. The molecule has 2 atom stereocenters. The molecule has 1 rings (SSSR count). The molecule has 0 radical (unpaired) electrons. The van der Waals surface area contributed by atoms with Gasteiger partial charge in [-0.1, -0.05) is 6.42 Å². The van der Waals surface area contributed by atoms with Gasteiger partial charge in [0, 0.05) is 0 Å². The van der Waals surface area contributed by atoms with Gasteiger partial charge in [0.25, 0.3) is 0 Å². The molecule has 0 amide bonds. The summed E-state index contributed by atoms with van der Waals surface area (Å²) >= 11 is 0. The van der Waals surface area contributed by atoms with E-state index in [9.17, 15) is 13.2 Å². The first-order valence-corrected chi connectivity index (χ1v) is 3.82. The molecule has 1 saturated carbocycles. The van der Waals surface area contributed by atoms with E-state index < -0.39 is 12.1 Å². The second kappa shape index (κ2) is 3.01. The molecule has 2 N–H and O–H groups in total. The van der Waals surface area contributed by atoms with Gasteiger partial charge in [0.15, 0.2) is 0 Å². The van der Waals surface area contributed by atoms with Gasteiger partial charge in [-0.2, -0.15) is 13.2 Å². The molecular formula is C7H12F3N. The van der Waals surface area contributed by atoms with Crippen LogP contribution < -0.4 is 5.73 Å². The Morgan fingerprint density at radius 1 is 1.27 bits per heavy atom. The Morgan fingerprint density at radius 2 is 1.91 bits per heavy atom. The predicted molar refractivity (Wildman–Crippen MR) is 35.9 cm³/mol. The van der Waals surface area contributed by atoms with E-state index in [2.05, 4.69) is 0 Å². The van der Waals surface area contributed by atoms with Crippen molar-refractivity contribution in [3.8, 4) is 0 Å². The highest BCUT2D eigenvalue weighted by Crippen LogP contribution is 2.42. The summed E-state index contributed by atoms with van der Waals surface area (Å²) in [7, 11) is 0. The molecule has 1 aliphatic carbocycles. The third kappa shape index (κ3) is 1.86. The lowest BCUT2D eigenvalue weighted by molar-refractivity contribution is -0.182. The zero-order valence-corrected chi connectivity index (χ0v) is 6.19. The molecule has 0 aromatic heterocycles. The van der Waals surface area contributed by atoms with Crippen molar-refractivity contribution >= 4 is 0 Å². The minimum atomic E-state index is -4.03. The third-order valence-electron chi connectivity index (χ3n) is 2.38. The largest absolute Gasteiger partial charge is 0.392 e. The molecule has 0 unspecified atom stereocenters. The van der Waals surface area contributed by atoms with E-state index in [1.165, 1.54) is 0 Å². The van der Waals surface area contributed by atoms with Gasteiger partial charge in [-0.05, 0) is 25.3 Å². The van der Waals surface area contributed by atoms with Crippen LogP contribution in [0.3, 0.4) is 0 Å². The quantitative estimate of drug-likeness (QED) is 0.634.